The first kappa shape index (κ1) is 12.5. The maximum Gasteiger partial charge on any atom is 0.171 e. The van der Waals surface area contributed by atoms with E-state index in [-0.39, 0.29) is 0 Å². The van der Waals surface area contributed by atoms with Crippen LogP contribution in [0.25, 0.3) is 11.0 Å². The van der Waals surface area contributed by atoms with E-state index in [4.69, 9.17) is 10.00 Å². The summed E-state index contributed by atoms with van der Waals surface area (Å²) in [7, 11) is 1.63. The van der Waals surface area contributed by atoms with Gasteiger partial charge in [0.2, 0.25) is 0 Å². The van der Waals surface area contributed by atoms with E-state index in [0.29, 0.717) is 5.56 Å². The second-order valence-corrected chi connectivity index (χ2v) is 5.04. The van der Waals surface area contributed by atoms with Crippen LogP contribution in [-0.2, 0) is 0 Å². The van der Waals surface area contributed by atoms with Gasteiger partial charge < -0.3 is 9.72 Å². The molecule has 0 unspecified atom stereocenters. The predicted molar refractivity (Wildman–Crippen MR) is 75.7 cm³/mol. The molecule has 2 aromatic heterocycles. The minimum Gasteiger partial charge on any atom is -0.497 e. The van der Waals surface area contributed by atoms with Crippen molar-refractivity contribution in [1.29, 1.82) is 5.26 Å². The number of rotatable bonds is 3. The zero-order valence-electron chi connectivity index (χ0n) is 10.6. The van der Waals surface area contributed by atoms with Gasteiger partial charge in [-0.05, 0) is 30.0 Å². The summed E-state index contributed by atoms with van der Waals surface area (Å²) in [5.74, 6) is 0.775. The van der Waals surface area contributed by atoms with Crippen LogP contribution in [-0.4, -0.2) is 22.1 Å². The van der Waals surface area contributed by atoms with E-state index in [0.717, 1.165) is 26.8 Å². The Labute approximate surface area is 119 Å². The zero-order valence-corrected chi connectivity index (χ0v) is 11.4. The van der Waals surface area contributed by atoms with Crippen molar-refractivity contribution in [1.82, 2.24) is 15.0 Å². The zero-order chi connectivity index (χ0) is 13.9. The monoisotopic (exact) mass is 282 g/mol. The van der Waals surface area contributed by atoms with E-state index >= 15 is 0 Å². The van der Waals surface area contributed by atoms with Gasteiger partial charge in [-0.25, -0.2) is 4.98 Å². The third-order valence-electron chi connectivity index (χ3n) is 2.78. The van der Waals surface area contributed by atoms with Gasteiger partial charge in [-0.3, -0.25) is 4.98 Å². The van der Waals surface area contributed by atoms with Crippen LogP contribution in [0.1, 0.15) is 5.56 Å². The fourth-order valence-electron chi connectivity index (χ4n) is 1.80. The third-order valence-corrected chi connectivity index (χ3v) is 3.71. The molecule has 1 N–H and O–H groups in total. The first-order chi connectivity index (χ1) is 9.80. The molecule has 0 saturated carbocycles. The summed E-state index contributed by atoms with van der Waals surface area (Å²) >= 11 is 1.39. The molecule has 98 valence electrons. The van der Waals surface area contributed by atoms with Gasteiger partial charge in [0.15, 0.2) is 5.16 Å². The molecule has 3 aromatic rings. The van der Waals surface area contributed by atoms with Crippen LogP contribution in [0.2, 0.25) is 0 Å². The number of nitriles is 1. The van der Waals surface area contributed by atoms with Crippen LogP contribution in [0, 0.1) is 11.3 Å². The largest absolute Gasteiger partial charge is 0.497 e. The summed E-state index contributed by atoms with van der Waals surface area (Å²) in [5, 5.41) is 9.79. The molecule has 0 bridgehead atoms. The maximum atomic E-state index is 9.07. The lowest BCUT2D eigenvalue weighted by Gasteiger charge is -1.98. The summed E-state index contributed by atoms with van der Waals surface area (Å²) in [5.41, 5.74) is 2.34. The number of fused-ring (bicyclic) bond motifs is 1. The Hall–Kier alpha value is -2.52. The standard InChI is InChI=1S/C14H10N4OS/c1-19-10-2-3-11-12(6-10)18-14(17-11)20-13-8-16-5-4-9(13)7-15/h2-6,8H,1H3,(H,17,18). The second-order valence-electron chi connectivity index (χ2n) is 4.01. The van der Waals surface area contributed by atoms with Gasteiger partial charge in [-0.15, -0.1) is 0 Å². The molecule has 0 saturated heterocycles. The highest BCUT2D eigenvalue weighted by atomic mass is 32.2. The Morgan fingerprint density at radius 3 is 3.05 bits per heavy atom. The Bertz CT molecular complexity index is 806. The SMILES string of the molecule is COc1ccc2nc(Sc3cnccc3C#N)[nH]c2c1. The lowest BCUT2D eigenvalue weighted by atomic mass is 10.3. The molecule has 0 aliphatic rings. The van der Waals surface area contributed by atoms with Crippen molar-refractivity contribution < 1.29 is 4.74 Å². The van der Waals surface area contributed by atoms with Crippen molar-refractivity contribution in [2.24, 2.45) is 0 Å². The number of imidazole rings is 1. The number of methoxy groups -OCH3 is 1. The van der Waals surface area contributed by atoms with Crippen molar-refractivity contribution in [2.75, 3.05) is 7.11 Å². The molecule has 1 aromatic carbocycles. The molecule has 20 heavy (non-hydrogen) atoms. The number of nitrogens with zero attached hydrogens (tertiary/aromatic N) is 3. The average Bonchev–Trinajstić information content (AvgIpc) is 2.89. The quantitative estimate of drug-likeness (QED) is 0.799. The minimum atomic E-state index is 0.586. The fourth-order valence-corrected chi connectivity index (χ4v) is 2.65. The van der Waals surface area contributed by atoms with Crippen LogP contribution < -0.4 is 4.74 Å². The Kier molecular flexibility index (Phi) is 3.27. The molecule has 0 atom stereocenters. The number of hydrogen-bond acceptors (Lipinski definition) is 5. The average molecular weight is 282 g/mol. The van der Waals surface area contributed by atoms with Crippen molar-refractivity contribution in [3.8, 4) is 11.8 Å². The summed E-state index contributed by atoms with van der Waals surface area (Å²) in [4.78, 5) is 12.5. The van der Waals surface area contributed by atoms with Crippen LogP contribution in [0.15, 0.2) is 46.7 Å². The molecule has 2 heterocycles. The van der Waals surface area contributed by atoms with Gasteiger partial charge in [0.05, 0.1) is 28.6 Å². The normalized spacial score (nSPS) is 10.4. The summed E-state index contributed by atoms with van der Waals surface area (Å²) in [6, 6.07) is 9.48. The summed E-state index contributed by atoms with van der Waals surface area (Å²) < 4.78 is 5.18. The van der Waals surface area contributed by atoms with E-state index in [1.807, 2.05) is 18.2 Å². The highest BCUT2D eigenvalue weighted by Crippen LogP contribution is 2.29. The Morgan fingerprint density at radius 2 is 2.25 bits per heavy atom. The number of H-pyrrole nitrogens is 1. The first-order valence-corrected chi connectivity index (χ1v) is 6.67. The number of hydrogen-bond donors (Lipinski definition) is 1. The van der Waals surface area contributed by atoms with E-state index in [2.05, 4.69) is 21.0 Å². The molecule has 0 aliphatic carbocycles. The number of aromatic amines is 1. The smallest absolute Gasteiger partial charge is 0.171 e. The highest BCUT2D eigenvalue weighted by molar-refractivity contribution is 7.99. The topological polar surface area (TPSA) is 74.6 Å². The Morgan fingerprint density at radius 1 is 1.35 bits per heavy atom. The van der Waals surface area contributed by atoms with Crippen molar-refractivity contribution in [3.05, 3.63) is 42.2 Å². The summed E-state index contributed by atoms with van der Waals surface area (Å²) in [6.45, 7) is 0. The first-order valence-electron chi connectivity index (χ1n) is 5.86. The van der Waals surface area contributed by atoms with Gasteiger partial charge in [0.25, 0.3) is 0 Å². The molecular weight excluding hydrogens is 272 g/mol. The van der Waals surface area contributed by atoms with Crippen LogP contribution in [0.3, 0.4) is 0 Å². The molecule has 6 heteroatoms. The van der Waals surface area contributed by atoms with E-state index < -0.39 is 0 Å². The molecule has 0 fully saturated rings. The van der Waals surface area contributed by atoms with Gasteiger partial charge in [0, 0.05) is 18.5 Å². The van der Waals surface area contributed by atoms with E-state index in [1.54, 1.807) is 25.6 Å². The van der Waals surface area contributed by atoms with E-state index in [1.165, 1.54) is 11.8 Å². The molecule has 3 rings (SSSR count). The van der Waals surface area contributed by atoms with Gasteiger partial charge in [-0.1, -0.05) is 0 Å². The maximum absolute atomic E-state index is 9.07. The number of pyridine rings is 1. The van der Waals surface area contributed by atoms with Crippen molar-refractivity contribution >= 4 is 22.8 Å². The second kappa shape index (κ2) is 5.23. The lowest BCUT2D eigenvalue weighted by Crippen LogP contribution is -1.83. The third kappa shape index (κ3) is 2.31. The minimum absolute atomic E-state index is 0.586. The molecule has 5 nitrogen and oxygen atoms in total. The van der Waals surface area contributed by atoms with Crippen LogP contribution in [0.5, 0.6) is 5.75 Å². The van der Waals surface area contributed by atoms with Crippen LogP contribution in [0.4, 0.5) is 0 Å². The summed E-state index contributed by atoms with van der Waals surface area (Å²) in [6.07, 6.45) is 3.27. The van der Waals surface area contributed by atoms with Gasteiger partial charge >= 0.3 is 0 Å². The number of benzene rings is 1. The Balaban J connectivity index is 1.97. The predicted octanol–water partition coefficient (Wildman–Crippen LogP) is 2.99. The molecule has 0 aliphatic heterocycles. The lowest BCUT2D eigenvalue weighted by molar-refractivity contribution is 0.415. The number of aromatic nitrogens is 3. The number of ether oxygens (including phenoxy) is 1. The van der Waals surface area contributed by atoms with E-state index in [9.17, 15) is 0 Å². The molecule has 0 spiro atoms. The molecule has 0 amide bonds. The van der Waals surface area contributed by atoms with Crippen molar-refractivity contribution in [2.45, 2.75) is 10.1 Å². The fraction of sp³-hybridized carbons (Fsp3) is 0.0714. The van der Waals surface area contributed by atoms with Crippen molar-refractivity contribution in [3.63, 3.8) is 0 Å². The highest BCUT2D eigenvalue weighted by Gasteiger charge is 2.09. The van der Waals surface area contributed by atoms with Gasteiger partial charge in [-0.2, -0.15) is 5.26 Å². The van der Waals surface area contributed by atoms with Gasteiger partial charge in [0.1, 0.15) is 11.8 Å². The molecule has 0 radical (unpaired) electrons. The molecular formula is C14H10N4OS. The van der Waals surface area contributed by atoms with Crippen LogP contribution >= 0.6 is 11.8 Å². The number of nitrogens with one attached hydrogen (secondary N) is 1.